The Hall–Kier alpha value is -1.93. The Kier molecular flexibility index (Phi) is 4.48. The van der Waals surface area contributed by atoms with Crippen LogP contribution < -0.4 is 0 Å². The van der Waals surface area contributed by atoms with Crippen molar-refractivity contribution in [2.75, 3.05) is 0 Å². The lowest BCUT2D eigenvalue weighted by atomic mass is 10.1. The Bertz CT molecular complexity index is 666. The molecule has 2 aromatic rings. The zero-order valence-corrected chi connectivity index (χ0v) is 12.2. The van der Waals surface area contributed by atoms with Gasteiger partial charge >= 0.3 is 0 Å². The second-order valence-electron chi connectivity index (χ2n) is 3.91. The Morgan fingerprint density at radius 1 is 1.11 bits per heavy atom. The molecule has 3 heteroatoms. The molecule has 0 saturated heterocycles. The number of halogens is 1. The molecule has 0 heterocycles. The number of carbonyl (C=O) groups excluding carboxylic acids is 1. The molecule has 0 saturated carbocycles. The van der Waals surface area contributed by atoms with Gasteiger partial charge in [-0.1, -0.05) is 30.3 Å². The first kappa shape index (κ1) is 13.5. The van der Waals surface area contributed by atoms with Gasteiger partial charge in [-0.25, -0.2) is 0 Å². The van der Waals surface area contributed by atoms with E-state index in [2.05, 4.69) is 28.7 Å². The van der Waals surface area contributed by atoms with E-state index in [9.17, 15) is 4.79 Å². The average Bonchev–Trinajstić information content (AvgIpc) is 2.46. The highest BCUT2D eigenvalue weighted by molar-refractivity contribution is 14.1. The molecule has 0 aliphatic carbocycles. The predicted molar refractivity (Wildman–Crippen MR) is 83.7 cm³/mol. The minimum atomic E-state index is -0.0191. The van der Waals surface area contributed by atoms with Gasteiger partial charge in [-0.3, -0.25) is 4.79 Å². The lowest BCUT2D eigenvalue weighted by Crippen LogP contribution is -1.96. The Morgan fingerprint density at radius 2 is 1.79 bits per heavy atom. The summed E-state index contributed by atoms with van der Waals surface area (Å²) in [5, 5.41) is 8.70. The number of hydrogen-bond donors (Lipinski definition) is 0. The number of hydrogen-bond acceptors (Lipinski definition) is 2. The van der Waals surface area contributed by atoms with Gasteiger partial charge in [-0.05, 0) is 58.5 Å². The van der Waals surface area contributed by atoms with E-state index in [1.807, 2.05) is 36.4 Å². The molecule has 0 amide bonds. The zero-order valence-electron chi connectivity index (χ0n) is 10.0. The maximum Gasteiger partial charge on any atom is 0.186 e. The lowest BCUT2D eigenvalue weighted by molar-refractivity contribution is 0.104. The number of allylic oxidation sites excluding steroid dienone is 1. The van der Waals surface area contributed by atoms with E-state index >= 15 is 0 Å². The molecular formula is C16H10INO. The summed E-state index contributed by atoms with van der Waals surface area (Å²) in [7, 11) is 0. The van der Waals surface area contributed by atoms with Gasteiger partial charge in [0.1, 0.15) is 0 Å². The number of benzene rings is 2. The Balaban J connectivity index is 2.16. The monoisotopic (exact) mass is 359 g/mol. The molecule has 2 aromatic carbocycles. The molecule has 0 N–H and O–H groups in total. The summed E-state index contributed by atoms with van der Waals surface area (Å²) in [6, 6.07) is 16.6. The van der Waals surface area contributed by atoms with Gasteiger partial charge in [0.15, 0.2) is 5.78 Å². The van der Waals surface area contributed by atoms with Crippen LogP contribution in [0.15, 0.2) is 54.6 Å². The second kappa shape index (κ2) is 6.30. The zero-order chi connectivity index (χ0) is 13.7. The molecule has 0 atom stereocenters. The number of ketones is 1. The van der Waals surface area contributed by atoms with E-state index in [1.54, 1.807) is 24.3 Å². The van der Waals surface area contributed by atoms with Crippen molar-refractivity contribution < 1.29 is 4.79 Å². The van der Waals surface area contributed by atoms with Crippen molar-refractivity contribution in [3.8, 4) is 6.07 Å². The molecule has 0 spiro atoms. The fraction of sp³-hybridized carbons (Fsp3) is 0. The summed E-state index contributed by atoms with van der Waals surface area (Å²) in [6.07, 6.45) is 3.31. The van der Waals surface area contributed by atoms with Crippen LogP contribution in [0.25, 0.3) is 6.08 Å². The maximum absolute atomic E-state index is 12.0. The SMILES string of the molecule is N#Cc1ccc(/C=C/C(=O)c2ccccc2I)cc1. The summed E-state index contributed by atoms with van der Waals surface area (Å²) in [5.41, 5.74) is 2.22. The molecule has 0 aliphatic rings. The third-order valence-corrected chi connectivity index (χ3v) is 3.55. The topological polar surface area (TPSA) is 40.9 Å². The summed E-state index contributed by atoms with van der Waals surface area (Å²) < 4.78 is 0.939. The van der Waals surface area contributed by atoms with Gasteiger partial charge in [0.05, 0.1) is 11.6 Å². The van der Waals surface area contributed by atoms with Crippen molar-refractivity contribution in [2.45, 2.75) is 0 Å². The van der Waals surface area contributed by atoms with E-state index in [0.717, 1.165) is 9.13 Å². The molecule has 0 fully saturated rings. The van der Waals surface area contributed by atoms with Crippen molar-refractivity contribution in [1.82, 2.24) is 0 Å². The minimum Gasteiger partial charge on any atom is -0.289 e. The lowest BCUT2D eigenvalue weighted by Gasteiger charge is -1.99. The van der Waals surface area contributed by atoms with Crippen molar-refractivity contribution in [3.05, 3.63) is 74.9 Å². The highest BCUT2D eigenvalue weighted by Gasteiger charge is 2.04. The summed E-state index contributed by atoms with van der Waals surface area (Å²) >= 11 is 2.15. The smallest absolute Gasteiger partial charge is 0.186 e. The molecule has 2 nitrogen and oxygen atoms in total. The van der Waals surface area contributed by atoms with Crippen molar-refractivity contribution in [2.24, 2.45) is 0 Å². The molecule has 92 valence electrons. The molecule has 2 rings (SSSR count). The van der Waals surface area contributed by atoms with Crippen LogP contribution >= 0.6 is 22.6 Å². The Morgan fingerprint density at radius 3 is 2.42 bits per heavy atom. The van der Waals surface area contributed by atoms with E-state index < -0.39 is 0 Å². The minimum absolute atomic E-state index is 0.0191. The van der Waals surface area contributed by atoms with Crippen LogP contribution in [0.3, 0.4) is 0 Å². The Labute approximate surface area is 125 Å². The van der Waals surface area contributed by atoms with Crippen LogP contribution in [0, 0.1) is 14.9 Å². The van der Waals surface area contributed by atoms with Gasteiger partial charge in [0.2, 0.25) is 0 Å². The maximum atomic E-state index is 12.0. The average molecular weight is 359 g/mol. The molecule has 0 aromatic heterocycles. The van der Waals surface area contributed by atoms with Crippen LogP contribution in [-0.2, 0) is 0 Å². The van der Waals surface area contributed by atoms with Crippen LogP contribution in [0.2, 0.25) is 0 Å². The van der Waals surface area contributed by atoms with Gasteiger partial charge in [-0.15, -0.1) is 0 Å². The van der Waals surface area contributed by atoms with Crippen molar-refractivity contribution in [3.63, 3.8) is 0 Å². The van der Waals surface area contributed by atoms with Crippen LogP contribution in [0.4, 0.5) is 0 Å². The van der Waals surface area contributed by atoms with Crippen LogP contribution in [0.5, 0.6) is 0 Å². The quantitative estimate of drug-likeness (QED) is 0.471. The van der Waals surface area contributed by atoms with Gasteiger partial charge in [0, 0.05) is 9.13 Å². The summed E-state index contributed by atoms with van der Waals surface area (Å²) in [4.78, 5) is 12.0. The fourth-order valence-electron chi connectivity index (χ4n) is 1.59. The third-order valence-electron chi connectivity index (χ3n) is 2.61. The van der Waals surface area contributed by atoms with Gasteiger partial charge in [0.25, 0.3) is 0 Å². The predicted octanol–water partition coefficient (Wildman–Crippen LogP) is 4.06. The van der Waals surface area contributed by atoms with Crippen molar-refractivity contribution in [1.29, 1.82) is 5.26 Å². The highest BCUT2D eigenvalue weighted by Crippen LogP contribution is 2.13. The number of nitriles is 1. The standard InChI is InChI=1S/C16H10INO/c17-15-4-2-1-3-14(15)16(19)10-9-12-5-7-13(11-18)8-6-12/h1-10H/b10-9+. The summed E-state index contributed by atoms with van der Waals surface area (Å²) in [5.74, 6) is -0.0191. The molecule has 19 heavy (non-hydrogen) atoms. The number of carbonyl (C=O) groups is 1. The van der Waals surface area contributed by atoms with Crippen molar-refractivity contribution >= 4 is 34.5 Å². The second-order valence-corrected chi connectivity index (χ2v) is 5.07. The molecular weight excluding hydrogens is 349 g/mol. The number of nitrogens with zero attached hydrogens (tertiary/aromatic N) is 1. The number of rotatable bonds is 3. The fourth-order valence-corrected chi connectivity index (χ4v) is 2.24. The first-order valence-electron chi connectivity index (χ1n) is 5.68. The van der Waals surface area contributed by atoms with Gasteiger partial charge < -0.3 is 0 Å². The molecule has 0 aliphatic heterocycles. The largest absolute Gasteiger partial charge is 0.289 e. The third kappa shape index (κ3) is 3.52. The highest BCUT2D eigenvalue weighted by atomic mass is 127. The van der Waals surface area contributed by atoms with E-state index in [1.165, 1.54) is 0 Å². The molecule has 0 unspecified atom stereocenters. The summed E-state index contributed by atoms with van der Waals surface area (Å²) in [6.45, 7) is 0. The van der Waals surface area contributed by atoms with E-state index in [0.29, 0.717) is 11.1 Å². The molecule has 0 radical (unpaired) electrons. The first-order chi connectivity index (χ1) is 9.20. The van der Waals surface area contributed by atoms with Crippen LogP contribution in [-0.4, -0.2) is 5.78 Å². The van der Waals surface area contributed by atoms with Gasteiger partial charge in [-0.2, -0.15) is 5.26 Å². The first-order valence-corrected chi connectivity index (χ1v) is 6.75. The normalized spacial score (nSPS) is 10.3. The van der Waals surface area contributed by atoms with E-state index in [-0.39, 0.29) is 5.78 Å². The van der Waals surface area contributed by atoms with E-state index in [4.69, 9.17) is 5.26 Å². The van der Waals surface area contributed by atoms with Crippen LogP contribution in [0.1, 0.15) is 21.5 Å². The molecule has 0 bridgehead atoms.